The molecule has 4 bridgehead atoms. The van der Waals surface area contributed by atoms with Gasteiger partial charge in [0.25, 0.3) is 0 Å². The maximum Gasteiger partial charge on any atom is 0.345 e. The molecule has 10 rings (SSSR count). The second-order valence-corrected chi connectivity index (χ2v) is 16.8. The fourth-order valence-electron chi connectivity index (χ4n) is 8.28. The van der Waals surface area contributed by atoms with Gasteiger partial charge in [0.05, 0.1) is 4.88 Å². The van der Waals surface area contributed by atoms with Crippen LogP contribution >= 0.6 is 35.1 Å². The molecule has 6 nitrogen and oxygen atoms in total. The number of carbonyl (C=O) groups excluding carboxylic acids is 1. The molecule has 48 heavy (non-hydrogen) atoms. The normalized spacial score (nSPS) is 27.7. The van der Waals surface area contributed by atoms with Gasteiger partial charge in [-0.25, -0.2) is 13.6 Å². The van der Waals surface area contributed by atoms with E-state index in [1.165, 1.54) is 87.5 Å². The van der Waals surface area contributed by atoms with Crippen molar-refractivity contribution in [3.8, 4) is 0 Å². The Hall–Kier alpha value is -2.47. The summed E-state index contributed by atoms with van der Waals surface area (Å²) >= 11 is 2.51. The number of carbonyl (C=O) groups is 2. The Morgan fingerprint density at radius 1 is 0.771 bits per heavy atom. The summed E-state index contributed by atoms with van der Waals surface area (Å²) in [5, 5.41) is 10.4. The molecule has 6 aliphatic heterocycles. The summed E-state index contributed by atoms with van der Waals surface area (Å²) in [5.41, 5.74) is 6.53. The molecule has 0 saturated carbocycles. The maximum atomic E-state index is 13.3. The van der Waals surface area contributed by atoms with E-state index in [2.05, 4.69) is 37.5 Å². The molecule has 0 radical (unpaired) electrons. The summed E-state index contributed by atoms with van der Waals surface area (Å²) in [5.74, 6) is 0.573. The number of thiophene rings is 2. The number of ketones is 1. The number of carboxylic acids is 1. The van der Waals surface area contributed by atoms with Crippen LogP contribution in [0.25, 0.3) is 20.2 Å². The predicted molar refractivity (Wildman–Crippen MR) is 195 cm³/mol. The number of hydrogen-bond acceptors (Lipinski definition) is 7. The van der Waals surface area contributed by atoms with Crippen LogP contribution in [-0.4, -0.2) is 70.0 Å². The molecule has 6 fully saturated rings. The molecule has 0 aliphatic carbocycles. The molecule has 3 N–H and O–H groups in total. The lowest BCUT2D eigenvalue weighted by molar-refractivity contribution is -0.0643. The topological polar surface area (TPSA) is 86.9 Å². The quantitative estimate of drug-likeness (QED) is 0.206. The van der Waals surface area contributed by atoms with E-state index < -0.39 is 5.97 Å². The zero-order chi connectivity index (χ0) is 33.7. The molecule has 4 aromatic rings. The lowest BCUT2D eigenvalue weighted by atomic mass is 9.65. The van der Waals surface area contributed by atoms with Crippen molar-refractivity contribution in [2.24, 2.45) is 23.5 Å². The predicted octanol–water partition coefficient (Wildman–Crippen LogP) is 8.71. The summed E-state index contributed by atoms with van der Waals surface area (Å²) < 4.78 is 27.6. The zero-order valence-electron chi connectivity index (χ0n) is 28.0. The van der Waals surface area contributed by atoms with Crippen molar-refractivity contribution >= 4 is 67.0 Å². The van der Waals surface area contributed by atoms with E-state index in [0.29, 0.717) is 29.0 Å². The van der Waals surface area contributed by atoms with Gasteiger partial charge in [-0.2, -0.15) is 0 Å². The van der Waals surface area contributed by atoms with Crippen LogP contribution in [0.3, 0.4) is 0 Å². The van der Waals surface area contributed by atoms with E-state index >= 15 is 0 Å². The molecular weight excluding hydrogens is 672 g/mol. The number of hydrogen-bond donors (Lipinski definition) is 2. The molecule has 11 heteroatoms. The van der Waals surface area contributed by atoms with Gasteiger partial charge in [-0.15, -0.1) is 35.1 Å². The third kappa shape index (κ3) is 7.35. The number of nitrogens with two attached hydrogens (primary N) is 1. The summed E-state index contributed by atoms with van der Waals surface area (Å²) in [6.45, 7) is 14.0. The second kappa shape index (κ2) is 14.4. The highest BCUT2D eigenvalue weighted by Gasteiger charge is 2.48. The van der Waals surface area contributed by atoms with Gasteiger partial charge >= 0.3 is 5.97 Å². The Kier molecular flexibility index (Phi) is 11.0. The van der Waals surface area contributed by atoms with E-state index in [0.717, 1.165) is 37.6 Å². The minimum atomic E-state index is -0.971. The third-order valence-corrected chi connectivity index (χ3v) is 13.6. The van der Waals surface area contributed by atoms with Crippen LogP contribution in [0.4, 0.5) is 8.78 Å². The highest BCUT2D eigenvalue weighted by Crippen LogP contribution is 2.46. The number of benzene rings is 2. The Bertz CT molecular complexity index is 1770. The lowest BCUT2D eigenvalue weighted by Crippen LogP contribution is -2.67. The Morgan fingerprint density at radius 2 is 1.23 bits per heavy atom. The summed E-state index contributed by atoms with van der Waals surface area (Å²) in [7, 11) is 0. The number of nitrogens with zero attached hydrogens (tertiary/aromatic N) is 2. The van der Waals surface area contributed by atoms with E-state index in [1.54, 1.807) is 18.2 Å². The standard InChI is InChI=1S/C19H22FNOS.C9H5FO2S.C9H18N2.ClH/c1-19(2)15(12-5-7-21(19)8-6-12)11-16(22)18-9-13-3-4-14(20)10-17(13)23-18;10-6-2-1-5-3-8(9(11)12)13-7(5)4-6;1-9(2)8(10)7-3-5-11(9)6-4-7;/h3-4,9-10,12,15H,5-8,11H2,1-2H3;1-4H,(H,11,12);7-8H,3-6,10H2,1-2H3;1H/t15-;;8-;/m1.1./s1. The first kappa shape index (κ1) is 36.8. The molecule has 2 aromatic heterocycles. The Morgan fingerprint density at radius 3 is 1.67 bits per heavy atom. The fraction of sp³-hybridized carbons (Fsp3) is 0.514. The van der Waals surface area contributed by atoms with Crippen LogP contribution in [0.5, 0.6) is 0 Å². The van der Waals surface area contributed by atoms with E-state index in [-0.39, 0.29) is 45.8 Å². The molecule has 0 unspecified atom stereocenters. The van der Waals surface area contributed by atoms with Gasteiger partial charge in [0.2, 0.25) is 0 Å². The Labute approximate surface area is 295 Å². The van der Waals surface area contributed by atoms with Crippen LogP contribution in [0.2, 0.25) is 0 Å². The number of piperidine rings is 6. The Balaban J connectivity index is 0.000000153. The highest BCUT2D eigenvalue weighted by atomic mass is 35.5. The molecule has 8 heterocycles. The first-order chi connectivity index (χ1) is 22.2. The van der Waals surface area contributed by atoms with Gasteiger partial charge in [0.1, 0.15) is 16.5 Å². The van der Waals surface area contributed by atoms with E-state index in [9.17, 15) is 18.4 Å². The molecule has 2 aromatic carbocycles. The molecule has 6 saturated heterocycles. The van der Waals surface area contributed by atoms with Gasteiger partial charge in [-0.1, -0.05) is 12.1 Å². The van der Waals surface area contributed by atoms with Crippen molar-refractivity contribution in [2.45, 2.75) is 76.9 Å². The average Bonchev–Trinajstić information content (AvgIpc) is 3.67. The molecule has 260 valence electrons. The SMILES string of the molecule is CC1(C)[C@H](CC(=O)c2cc3ccc(F)cc3s2)C2CCN1CC2.CC1(C)[C@H](N)C2CCN1CC2.Cl.O=C(O)c1cc2ccc(F)cc2s1. The van der Waals surface area contributed by atoms with E-state index in [1.807, 2.05) is 6.07 Å². The van der Waals surface area contributed by atoms with Gasteiger partial charge in [-0.3, -0.25) is 14.6 Å². The molecule has 0 amide bonds. The highest BCUT2D eigenvalue weighted by molar-refractivity contribution is 7.21. The van der Waals surface area contributed by atoms with Gasteiger partial charge in [-0.05, 0) is 144 Å². The lowest BCUT2D eigenvalue weighted by Gasteiger charge is -2.56. The molecule has 2 atom stereocenters. The maximum absolute atomic E-state index is 13.3. The molecule has 6 aliphatic rings. The van der Waals surface area contributed by atoms with Crippen molar-refractivity contribution < 1.29 is 23.5 Å². The largest absolute Gasteiger partial charge is 0.477 e. The number of halogens is 3. The first-order valence-corrected chi connectivity index (χ1v) is 18.3. The summed E-state index contributed by atoms with van der Waals surface area (Å²) in [6.07, 6.45) is 5.71. The summed E-state index contributed by atoms with van der Waals surface area (Å²) in [4.78, 5) is 29.5. The van der Waals surface area contributed by atoms with Gasteiger partial charge < -0.3 is 10.8 Å². The van der Waals surface area contributed by atoms with Crippen molar-refractivity contribution in [1.82, 2.24) is 9.80 Å². The summed E-state index contributed by atoms with van der Waals surface area (Å²) in [6, 6.07) is 12.9. The van der Waals surface area contributed by atoms with Crippen LogP contribution in [0.15, 0.2) is 48.5 Å². The van der Waals surface area contributed by atoms with Crippen LogP contribution < -0.4 is 5.73 Å². The monoisotopic (exact) mass is 717 g/mol. The third-order valence-electron chi connectivity index (χ3n) is 11.4. The number of aromatic carboxylic acids is 1. The van der Waals surface area contributed by atoms with Crippen molar-refractivity contribution in [3.05, 3.63) is 69.9 Å². The van der Waals surface area contributed by atoms with Crippen LogP contribution in [0.1, 0.15) is 79.1 Å². The van der Waals surface area contributed by atoms with Crippen LogP contribution in [0, 0.1) is 29.4 Å². The van der Waals surface area contributed by atoms with Crippen molar-refractivity contribution in [2.75, 3.05) is 26.2 Å². The minimum Gasteiger partial charge on any atom is -0.477 e. The minimum absolute atomic E-state index is 0. The number of carboxylic acid groups (broad SMARTS) is 1. The smallest absolute Gasteiger partial charge is 0.345 e. The molecule has 0 spiro atoms. The zero-order valence-corrected chi connectivity index (χ0v) is 30.5. The van der Waals surface area contributed by atoms with Gasteiger partial charge in [0.15, 0.2) is 5.78 Å². The second-order valence-electron chi connectivity index (χ2n) is 14.6. The average molecular weight is 718 g/mol. The number of Topliss-reactive ketones (excluding diaryl/α,β-unsaturated/α-hetero) is 1. The fourth-order valence-corrected chi connectivity index (χ4v) is 10.2. The van der Waals surface area contributed by atoms with Crippen molar-refractivity contribution in [1.29, 1.82) is 0 Å². The van der Waals surface area contributed by atoms with E-state index in [4.69, 9.17) is 10.8 Å². The first-order valence-electron chi connectivity index (χ1n) is 16.6. The van der Waals surface area contributed by atoms with Crippen molar-refractivity contribution in [3.63, 3.8) is 0 Å². The van der Waals surface area contributed by atoms with Gasteiger partial charge in [0, 0.05) is 32.9 Å². The van der Waals surface area contributed by atoms with Crippen LogP contribution in [-0.2, 0) is 0 Å². The number of rotatable bonds is 4. The number of fused-ring (bicyclic) bond motifs is 8. The molecular formula is C37H46ClF2N3O3S2.